The topological polar surface area (TPSA) is 12.4 Å². The van der Waals surface area contributed by atoms with E-state index in [9.17, 15) is 0 Å². The number of hydrogen-bond donors (Lipinski definition) is 0. The van der Waals surface area contributed by atoms with Crippen LogP contribution in [0.25, 0.3) is 0 Å². The predicted octanol–water partition coefficient (Wildman–Crippen LogP) is 5.44. The van der Waals surface area contributed by atoms with Gasteiger partial charge in [-0.05, 0) is 44.2 Å². The van der Waals surface area contributed by atoms with Crippen molar-refractivity contribution in [3.63, 3.8) is 0 Å². The maximum absolute atomic E-state index is 4.26. The van der Waals surface area contributed by atoms with E-state index in [0.717, 1.165) is 5.75 Å². The molecule has 102 valence electrons. The minimum Gasteiger partial charge on any atom is -0.268 e. The monoisotopic (exact) mass is 265 g/mol. The zero-order valence-electron chi connectivity index (χ0n) is 12.3. The molecule has 18 heavy (non-hydrogen) atoms. The maximum Gasteiger partial charge on any atom is 0.0519 e. The van der Waals surface area contributed by atoms with Gasteiger partial charge in [0.15, 0.2) is 0 Å². The SMILES string of the molecule is C=N/C(=C(\SCC1=CCCCC1)C(C)C)C(C)C. The van der Waals surface area contributed by atoms with Crippen molar-refractivity contribution in [1.82, 2.24) is 0 Å². The van der Waals surface area contributed by atoms with Gasteiger partial charge < -0.3 is 0 Å². The summed E-state index contributed by atoms with van der Waals surface area (Å²) in [4.78, 5) is 5.68. The molecule has 0 aliphatic heterocycles. The molecule has 0 bridgehead atoms. The van der Waals surface area contributed by atoms with Gasteiger partial charge >= 0.3 is 0 Å². The Kier molecular flexibility index (Phi) is 6.77. The van der Waals surface area contributed by atoms with Gasteiger partial charge in [-0.25, -0.2) is 0 Å². The normalized spacial score (nSPS) is 17.8. The molecule has 0 N–H and O–H groups in total. The van der Waals surface area contributed by atoms with Gasteiger partial charge in [0.05, 0.1) is 5.70 Å². The third kappa shape index (κ3) is 4.64. The molecule has 0 fully saturated rings. The van der Waals surface area contributed by atoms with Crippen LogP contribution in [0.4, 0.5) is 0 Å². The molecule has 2 heteroatoms. The zero-order chi connectivity index (χ0) is 13.5. The number of nitrogens with zero attached hydrogens (tertiary/aromatic N) is 1. The second-order valence-electron chi connectivity index (χ2n) is 5.61. The number of aliphatic imine (C=N–C) groups is 1. The van der Waals surface area contributed by atoms with Gasteiger partial charge in [0.1, 0.15) is 0 Å². The number of thioether (sulfide) groups is 1. The molecule has 0 aromatic heterocycles. The van der Waals surface area contributed by atoms with E-state index >= 15 is 0 Å². The van der Waals surface area contributed by atoms with Gasteiger partial charge in [0, 0.05) is 10.7 Å². The first-order valence-corrected chi connectivity index (χ1v) is 8.06. The van der Waals surface area contributed by atoms with E-state index in [1.807, 2.05) is 11.8 Å². The summed E-state index contributed by atoms with van der Waals surface area (Å²) in [6.45, 7) is 12.7. The third-order valence-corrected chi connectivity index (χ3v) is 4.80. The molecule has 0 unspecified atom stereocenters. The average molecular weight is 265 g/mol. The Bertz CT molecular complexity index is 337. The van der Waals surface area contributed by atoms with Crippen molar-refractivity contribution in [1.29, 1.82) is 0 Å². The fourth-order valence-electron chi connectivity index (χ4n) is 2.29. The maximum atomic E-state index is 4.26. The Morgan fingerprint density at radius 1 is 1.28 bits per heavy atom. The smallest absolute Gasteiger partial charge is 0.0519 e. The van der Waals surface area contributed by atoms with Crippen molar-refractivity contribution in [2.75, 3.05) is 5.75 Å². The highest BCUT2D eigenvalue weighted by Crippen LogP contribution is 2.34. The summed E-state index contributed by atoms with van der Waals surface area (Å²) in [5, 5.41) is 0. The summed E-state index contributed by atoms with van der Waals surface area (Å²) in [5.41, 5.74) is 2.81. The van der Waals surface area contributed by atoms with Crippen LogP contribution in [0, 0.1) is 11.8 Å². The molecule has 0 radical (unpaired) electrons. The van der Waals surface area contributed by atoms with Crippen LogP contribution in [0.1, 0.15) is 53.4 Å². The molecule has 0 saturated heterocycles. The number of allylic oxidation sites excluding steroid dienone is 3. The predicted molar refractivity (Wildman–Crippen MR) is 85.3 cm³/mol. The summed E-state index contributed by atoms with van der Waals surface area (Å²) < 4.78 is 0. The van der Waals surface area contributed by atoms with Crippen molar-refractivity contribution < 1.29 is 0 Å². The lowest BCUT2D eigenvalue weighted by Gasteiger charge is -2.19. The summed E-state index contributed by atoms with van der Waals surface area (Å²) >= 11 is 1.97. The Labute approximate surface area is 117 Å². The van der Waals surface area contributed by atoms with Gasteiger partial charge in [-0.3, -0.25) is 4.99 Å². The van der Waals surface area contributed by atoms with Crippen LogP contribution in [-0.4, -0.2) is 12.5 Å². The van der Waals surface area contributed by atoms with Crippen LogP contribution in [0.5, 0.6) is 0 Å². The molecule has 1 aliphatic rings. The minimum atomic E-state index is 0.465. The summed E-state index contributed by atoms with van der Waals surface area (Å²) in [6, 6.07) is 0. The fraction of sp³-hybridized carbons (Fsp3) is 0.688. The van der Waals surface area contributed by atoms with Gasteiger partial charge in [-0.1, -0.05) is 39.3 Å². The molecular weight excluding hydrogens is 238 g/mol. The summed E-state index contributed by atoms with van der Waals surface area (Å²) in [7, 11) is 0. The molecule has 1 rings (SSSR count). The van der Waals surface area contributed by atoms with Crippen molar-refractivity contribution >= 4 is 18.5 Å². The number of hydrogen-bond acceptors (Lipinski definition) is 2. The summed E-state index contributed by atoms with van der Waals surface area (Å²) in [6.07, 6.45) is 7.73. The van der Waals surface area contributed by atoms with Gasteiger partial charge in [-0.15, -0.1) is 11.8 Å². The van der Waals surface area contributed by atoms with E-state index in [4.69, 9.17) is 0 Å². The quantitative estimate of drug-likeness (QED) is 0.460. The van der Waals surface area contributed by atoms with Crippen molar-refractivity contribution in [2.45, 2.75) is 53.4 Å². The van der Waals surface area contributed by atoms with Crippen molar-refractivity contribution in [2.24, 2.45) is 16.8 Å². The van der Waals surface area contributed by atoms with Crippen LogP contribution in [0.15, 0.2) is 27.2 Å². The van der Waals surface area contributed by atoms with E-state index in [1.54, 1.807) is 5.57 Å². The zero-order valence-corrected chi connectivity index (χ0v) is 13.1. The van der Waals surface area contributed by atoms with Crippen LogP contribution < -0.4 is 0 Å². The molecule has 1 aliphatic carbocycles. The molecule has 0 amide bonds. The molecule has 0 spiro atoms. The van der Waals surface area contributed by atoms with Crippen LogP contribution in [0.2, 0.25) is 0 Å². The Hall–Kier alpha value is -0.500. The van der Waals surface area contributed by atoms with E-state index in [0.29, 0.717) is 11.8 Å². The highest BCUT2D eigenvalue weighted by molar-refractivity contribution is 8.03. The first-order valence-electron chi connectivity index (χ1n) is 7.07. The first-order chi connectivity index (χ1) is 8.56. The van der Waals surface area contributed by atoms with E-state index in [2.05, 4.69) is 45.5 Å². The van der Waals surface area contributed by atoms with Crippen LogP contribution >= 0.6 is 11.8 Å². The molecule has 1 nitrogen and oxygen atoms in total. The van der Waals surface area contributed by atoms with Gasteiger partial charge in [-0.2, -0.15) is 0 Å². The molecular formula is C16H27NS. The average Bonchev–Trinajstić information content (AvgIpc) is 2.34. The molecule has 0 aromatic rings. The largest absolute Gasteiger partial charge is 0.268 e. The summed E-state index contributed by atoms with van der Waals surface area (Å²) in [5.74, 6) is 2.15. The fourth-order valence-corrected chi connectivity index (χ4v) is 3.67. The molecule has 0 heterocycles. The lowest BCUT2D eigenvalue weighted by molar-refractivity contribution is 0.702. The second kappa shape index (κ2) is 7.83. The molecule has 0 saturated carbocycles. The molecule has 0 aromatic carbocycles. The number of rotatable bonds is 6. The van der Waals surface area contributed by atoms with Gasteiger partial charge in [0.25, 0.3) is 0 Å². The first kappa shape index (κ1) is 15.6. The highest BCUT2D eigenvalue weighted by atomic mass is 32.2. The van der Waals surface area contributed by atoms with Gasteiger partial charge in [0.2, 0.25) is 0 Å². The Morgan fingerprint density at radius 2 is 2.00 bits per heavy atom. The Balaban J connectivity index is 2.74. The third-order valence-electron chi connectivity index (χ3n) is 3.29. The van der Waals surface area contributed by atoms with Crippen molar-refractivity contribution in [3.05, 3.63) is 22.3 Å². The van der Waals surface area contributed by atoms with E-state index in [-0.39, 0.29) is 0 Å². The van der Waals surface area contributed by atoms with E-state index in [1.165, 1.54) is 36.3 Å². The van der Waals surface area contributed by atoms with E-state index < -0.39 is 0 Å². The standard InChI is InChI=1S/C16H27NS/c1-12(2)15(17-5)16(13(3)4)18-11-14-9-7-6-8-10-14/h9,12-13H,5-8,10-11H2,1-4H3/b16-15-. The lowest BCUT2D eigenvalue weighted by atomic mass is 10.0. The minimum absolute atomic E-state index is 0.465. The van der Waals surface area contributed by atoms with Crippen LogP contribution in [-0.2, 0) is 0 Å². The lowest BCUT2D eigenvalue weighted by Crippen LogP contribution is -2.03. The molecule has 0 atom stereocenters. The Morgan fingerprint density at radius 3 is 2.44 bits per heavy atom. The highest BCUT2D eigenvalue weighted by Gasteiger charge is 2.14. The second-order valence-corrected chi connectivity index (χ2v) is 6.63. The van der Waals surface area contributed by atoms with Crippen molar-refractivity contribution in [3.8, 4) is 0 Å². The van der Waals surface area contributed by atoms with Crippen LogP contribution in [0.3, 0.4) is 0 Å².